The highest BCUT2D eigenvalue weighted by atomic mass is 35.5. The molecule has 1 saturated carbocycles. The smallest absolute Gasteiger partial charge is 0.223 e. The lowest BCUT2D eigenvalue weighted by atomic mass is 10.0. The number of aromatic nitrogens is 2. The highest BCUT2D eigenvalue weighted by Crippen LogP contribution is 2.49. The molecule has 1 aliphatic rings. The Balaban J connectivity index is 1.94. The topological polar surface area (TPSA) is 63.8 Å². The molecule has 5 heteroatoms. The number of halogens is 1. The number of nitrogens with two attached hydrogens (primary N) is 1. The van der Waals surface area contributed by atoms with Crippen LogP contribution < -0.4 is 11.1 Å². The zero-order valence-corrected chi connectivity index (χ0v) is 10.2. The van der Waals surface area contributed by atoms with Crippen LogP contribution in [0.2, 0.25) is 5.15 Å². The molecule has 2 rings (SSSR count). The molecule has 16 heavy (non-hydrogen) atoms. The summed E-state index contributed by atoms with van der Waals surface area (Å²) in [5.74, 6) is 0.940. The van der Waals surface area contributed by atoms with Crippen molar-refractivity contribution in [2.75, 3.05) is 17.6 Å². The summed E-state index contributed by atoms with van der Waals surface area (Å²) in [6.45, 7) is 3.17. The van der Waals surface area contributed by atoms with Gasteiger partial charge in [-0.1, -0.05) is 24.9 Å². The molecule has 0 spiro atoms. The van der Waals surface area contributed by atoms with E-state index in [9.17, 15) is 0 Å². The summed E-state index contributed by atoms with van der Waals surface area (Å²) >= 11 is 5.81. The standard InChI is InChI=1S/C11H17ClN4/c1-2-3-11(4-5-11)7-14-9-6-8(12)15-10(13)16-9/h6H,2-5,7H2,1H3,(H3,13,14,15,16). The van der Waals surface area contributed by atoms with Gasteiger partial charge in [0, 0.05) is 12.6 Å². The SMILES string of the molecule is CCCC1(CNc2cc(Cl)nc(N)n2)CC1. The minimum Gasteiger partial charge on any atom is -0.369 e. The van der Waals surface area contributed by atoms with Crippen molar-refractivity contribution >= 4 is 23.4 Å². The predicted octanol–water partition coefficient (Wildman–Crippen LogP) is 2.70. The van der Waals surface area contributed by atoms with Crippen LogP contribution in [0.15, 0.2) is 6.07 Å². The molecule has 1 aromatic rings. The predicted molar refractivity (Wildman–Crippen MR) is 66.5 cm³/mol. The number of hydrogen-bond donors (Lipinski definition) is 2. The Labute approximate surface area is 101 Å². The van der Waals surface area contributed by atoms with Crippen molar-refractivity contribution in [1.29, 1.82) is 0 Å². The van der Waals surface area contributed by atoms with Crippen LogP contribution in [0.1, 0.15) is 32.6 Å². The largest absolute Gasteiger partial charge is 0.369 e. The van der Waals surface area contributed by atoms with Crippen LogP contribution in [0, 0.1) is 5.41 Å². The summed E-state index contributed by atoms with van der Waals surface area (Å²) in [5, 5.41) is 3.68. The first-order valence-corrected chi connectivity index (χ1v) is 6.05. The maximum absolute atomic E-state index is 5.81. The second-order valence-corrected chi connectivity index (χ2v) is 4.92. The van der Waals surface area contributed by atoms with Crippen LogP contribution in [-0.4, -0.2) is 16.5 Å². The lowest BCUT2D eigenvalue weighted by Crippen LogP contribution is -2.16. The second kappa shape index (κ2) is 4.45. The van der Waals surface area contributed by atoms with Crippen molar-refractivity contribution in [3.8, 4) is 0 Å². The monoisotopic (exact) mass is 240 g/mol. The van der Waals surface area contributed by atoms with E-state index < -0.39 is 0 Å². The fraction of sp³-hybridized carbons (Fsp3) is 0.636. The maximum Gasteiger partial charge on any atom is 0.223 e. The van der Waals surface area contributed by atoms with Crippen molar-refractivity contribution in [1.82, 2.24) is 9.97 Å². The molecule has 1 heterocycles. The Kier molecular flexibility index (Phi) is 3.19. The molecule has 1 fully saturated rings. The third-order valence-electron chi connectivity index (χ3n) is 3.09. The Morgan fingerprint density at radius 2 is 2.25 bits per heavy atom. The van der Waals surface area contributed by atoms with Gasteiger partial charge in [-0.2, -0.15) is 4.98 Å². The highest BCUT2D eigenvalue weighted by Gasteiger charge is 2.41. The van der Waals surface area contributed by atoms with E-state index in [2.05, 4.69) is 22.2 Å². The number of nitrogens with one attached hydrogen (secondary N) is 1. The van der Waals surface area contributed by atoms with E-state index >= 15 is 0 Å². The number of hydrogen-bond acceptors (Lipinski definition) is 4. The van der Waals surface area contributed by atoms with Crippen LogP contribution in [-0.2, 0) is 0 Å². The molecule has 0 radical (unpaired) electrons. The molecule has 0 aromatic carbocycles. The maximum atomic E-state index is 5.81. The quantitative estimate of drug-likeness (QED) is 0.777. The zero-order chi connectivity index (χ0) is 11.6. The fourth-order valence-electron chi connectivity index (χ4n) is 2.03. The molecular weight excluding hydrogens is 224 g/mol. The van der Waals surface area contributed by atoms with Gasteiger partial charge in [0.1, 0.15) is 11.0 Å². The molecule has 1 aromatic heterocycles. The number of anilines is 2. The highest BCUT2D eigenvalue weighted by molar-refractivity contribution is 6.29. The molecule has 88 valence electrons. The average Bonchev–Trinajstić information content (AvgIpc) is 2.95. The lowest BCUT2D eigenvalue weighted by Gasteiger charge is -2.15. The molecule has 0 unspecified atom stereocenters. The summed E-state index contributed by atoms with van der Waals surface area (Å²) in [7, 11) is 0. The summed E-state index contributed by atoms with van der Waals surface area (Å²) in [6, 6.07) is 1.71. The Bertz CT molecular complexity index is 356. The third-order valence-corrected chi connectivity index (χ3v) is 3.29. The minimum absolute atomic E-state index is 0.218. The van der Waals surface area contributed by atoms with Gasteiger partial charge in [-0.05, 0) is 24.7 Å². The van der Waals surface area contributed by atoms with Gasteiger partial charge in [0.15, 0.2) is 0 Å². The normalized spacial score (nSPS) is 17.1. The van der Waals surface area contributed by atoms with Gasteiger partial charge >= 0.3 is 0 Å². The van der Waals surface area contributed by atoms with Crippen LogP contribution in [0.25, 0.3) is 0 Å². The van der Waals surface area contributed by atoms with Gasteiger partial charge in [-0.15, -0.1) is 0 Å². The molecule has 0 bridgehead atoms. The van der Waals surface area contributed by atoms with Gasteiger partial charge < -0.3 is 11.1 Å². The Morgan fingerprint density at radius 3 is 2.81 bits per heavy atom. The minimum atomic E-state index is 0.218. The number of nitrogen functional groups attached to an aromatic ring is 1. The third kappa shape index (κ3) is 2.76. The summed E-state index contributed by atoms with van der Waals surface area (Å²) in [5.41, 5.74) is 6.01. The van der Waals surface area contributed by atoms with Crippen LogP contribution in [0.5, 0.6) is 0 Å². The molecule has 4 nitrogen and oxygen atoms in total. The van der Waals surface area contributed by atoms with E-state index in [-0.39, 0.29) is 5.95 Å². The number of rotatable bonds is 5. The van der Waals surface area contributed by atoms with E-state index in [1.165, 1.54) is 25.7 Å². The van der Waals surface area contributed by atoms with E-state index in [0.717, 1.165) is 12.4 Å². The number of nitrogens with zero attached hydrogens (tertiary/aromatic N) is 2. The van der Waals surface area contributed by atoms with Gasteiger partial charge in [0.2, 0.25) is 5.95 Å². The van der Waals surface area contributed by atoms with Gasteiger partial charge in [-0.25, -0.2) is 4.98 Å². The molecule has 1 aliphatic carbocycles. The van der Waals surface area contributed by atoms with Gasteiger partial charge in [0.25, 0.3) is 0 Å². The first kappa shape index (κ1) is 11.5. The van der Waals surface area contributed by atoms with Crippen LogP contribution >= 0.6 is 11.6 Å². The van der Waals surface area contributed by atoms with E-state index in [1.807, 2.05) is 0 Å². The molecule has 0 saturated heterocycles. The molecule has 0 atom stereocenters. The van der Waals surface area contributed by atoms with E-state index in [0.29, 0.717) is 10.6 Å². The van der Waals surface area contributed by atoms with Crippen molar-refractivity contribution in [2.24, 2.45) is 5.41 Å². The molecule has 3 N–H and O–H groups in total. The van der Waals surface area contributed by atoms with Gasteiger partial charge in [-0.3, -0.25) is 0 Å². The zero-order valence-electron chi connectivity index (χ0n) is 9.46. The Morgan fingerprint density at radius 1 is 1.50 bits per heavy atom. The molecule has 0 amide bonds. The summed E-state index contributed by atoms with van der Waals surface area (Å²) in [6.07, 6.45) is 5.12. The van der Waals surface area contributed by atoms with Crippen molar-refractivity contribution < 1.29 is 0 Å². The van der Waals surface area contributed by atoms with Crippen molar-refractivity contribution in [3.63, 3.8) is 0 Å². The van der Waals surface area contributed by atoms with Gasteiger partial charge in [0.05, 0.1) is 0 Å². The first-order chi connectivity index (χ1) is 7.63. The Hall–Kier alpha value is -1.03. The van der Waals surface area contributed by atoms with Crippen LogP contribution in [0.3, 0.4) is 0 Å². The molecule has 0 aliphatic heterocycles. The van der Waals surface area contributed by atoms with E-state index in [1.54, 1.807) is 6.07 Å². The summed E-state index contributed by atoms with van der Waals surface area (Å²) in [4.78, 5) is 7.92. The first-order valence-electron chi connectivity index (χ1n) is 5.67. The second-order valence-electron chi connectivity index (χ2n) is 4.54. The average molecular weight is 241 g/mol. The van der Waals surface area contributed by atoms with Crippen molar-refractivity contribution in [3.05, 3.63) is 11.2 Å². The lowest BCUT2D eigenvalue weighted by molar-refractivity contribution is 0.485. The van der Waals surface area contributed by atoms with Crippen molar-refractivity contribution in [2.45, 2.75) is 32.6 Å². The molecular formula is C11H17ClN4. The summed E-state index contributed by atoms with van der Waals surface area (Å²) < 4.78 is 0. The van der Waals surface area contributed by atoms with Crippen LogP contribution in [0.4, 0.5) is 11.8 Å². The van der Waals surface area contributed by atoms with E-state index in [4.69, 9.17) is 17.3 Å². The fourth-order valence-corrected chi connectivity index (χ4v) is 2.22.